The molecule has 1 unspecified atom stereocenters. The minimum absolute atomic E-state index is 0.0283. The lowest BCUT2D eigenvalue weighted by Crippen LogP contribution is -2.49. The van der Waals surface area contributed by atoms with E-state index < -0.39 is 51.7 Å². The van der Waals surface area contributed by atoms with Gasteiger partial charge in [-0.2, -0.15) is 5.10 Å². The Hall–Kier alpha value is -4.12. The molecule has 3 aromatic heterocycles. The predicted molar refractivity (Wildman–Crippen MR) is 131 cm³/mol. The minimum Gasteiger partial charge on any atom is -0.382 e. The lowest BCUT2D eigenvalue weighted by atomic mass is 10.1. The van der Waals surface area contributed by atoms with E-state index in [1.165, 1.54) is 42.1 Å². The number of ether oxygens (including phenoxy) is 1. The Labute approximate surface area is 223 Å². The topological polar surface area (TPSA) is 103 Å². The number of methoxy groups -OCH3 is 1. The van der Waals surface area contributed by atoms with Crippen molar-refractivity contribution in [1.82, 2.24) is 34.2 Å². The first-order valence-electron chi connectivity index (χ1n) is 16.2. The van der Waals surface area contributed by atoms with E-state index in [0.29, 0.717) is 4.68 Å². The summed E-state index contributed by atoms with van der Waals surface area (Å²) < 4.78 is 109. The molecule has 1 atom stereocenters. The van der Waals surface area contributed by atoms with Crippen LogP contribution in [0.15, 0.2) is 42.9 Å². The highest BCUT2D eigenvalue weighted by atomic mass is 19.1. The van der Waals surface area contributed by atoms with Crippen molar-refractivity contribution in [2.75, 3.05) is 19.0 Å². The molecule has 0 saturated carbocycles. The van der Waals surface area contributed by atoms with Crippen molar-refractivity contribution in [2.24, 2.45) is 6.98 Å². The van der Waals surface area contributed by atoms with Gasteiger partial charge < -0.3 is 19.5 Å². The molecule has 5 rings (SSSR count). The second-order valence-electron chi connectivity index (χ2n) is 8.03. The third kappa shape index (κ3) is 4.44. The van der Waals surface area contributed by atoms with Crippen LogP contribution in [0.4, 0.5) is 16.2 Å². The standard InChI is InChI=1S/C25H27FN8O2/c1-15-5-6-17(9-19(15)26)11-34-18(14-36-4)12-33-13-20(29-23(33)24(34)35)22-16(2)10-27-25(31-22)30-21-7-8-28-32(21)3/h5-10,13,18H,11-12,14H2,1-4H3,(H,27,30,31)/i2D3,3D3,4D3,11D2. The Balaban J connectivity index is 1.59. The van der Waals surface area contributed by atoms with E-state index in [2.05, 4.69) is 25.4 Å². The van der Waals surface area contributed by atoms with Crippen LogP contribution in [0.5, 0.6) is 0 Å². The third-order valence-electron chi connectivity index (χ3n) is 5.57. The van der Waals surface area contributed by atoms with Crippen molar-refractivity contribution in [3.8, 4) is 11.4 Å². The van der Waals surface area contributed by atoms with E-state index in [1.807, 2.05) is 0 Å². The molecule has 4 aromatic rings. The Morgan fingerprint density at radius 2 is 2.22 bits per heavy atom. The van der Waals surface area contributed by atoms with Gasteiger partial charge in [-0.15, -0.1) is 0 Å². The Bertz CT molecular complexity index is 1820. The number of nitrogens with zero attached hydrogens (tertiary/aromatic N) is 7. The zero-order valence-corrected chi connectivity index (χ0v) is 18.9. The molecule has 1 aliphatic heterocycles. The quantitative estimate of drug-likeness (QED) is 0.415. The highest BCUT2D eigenvalue weighted by molar-refractivity contribution is 5.92. The minimum atomic E-state index is -2.88. The molecular weight excluding hydrogens is 463 g/mol. The van der Waals surface area contributed by atoms with Gasteiger partial charge in [-0.25, -0.2) is 19.3 Å². The SMILES string of the molecule is [2H]C([2H])([2H])OCC1Cn2cc(-c3nc(Nc4ccnn4C([2H])([2H])[2H])ncc3C([2H])([2H])[2H])nc2C(=O)N1C([2H])([2H])c1ccc(C)c(F)c1. The maximum absolute atomic E-state index is 14.5. The van der Waals surface area contributed by atoms with Gasteiger partial charge in [0.05, 0.1) is 31.4 Å². The number of amides is 1. The van der Waals surface area contributed by atoms with Gasteiger partial charge in [0.15, 0.2) is 5.82 Å². The second kappa shape index (κ2) is 9.50. The summed E-state index contributed by atoms with van der Waals surface area (Å²) in [6.45, 7) is -7.49. The van der Waals surface area contributed by atoms with Gasteiger partial charge in [0, 0.05) is 53.7 Å². The highest BCUT2D eigenvalue weighted by Crippen LogP contribution is 2.27. The van der Waals surface area contributed by atoms with E-state index in [4.69, 9.17) is 19.8 Å². The maximum atomic E-state index is 14.5. The number of hydrogen-bond acceptors (Lipinski definition) is 7. The highest BCUT2D eigenvalue weighted by Gasteiger charge is 2.35. The lowest BCUT2D eigenvalue weighted by Gasteiger charge is -2.35. The average molecular weight is 502 g/mol. The molecule has 0 radical (unpaired) electrons. The van der Waals surface area contributed by atoms with Crippen LogP contribution < -0.4 is 5.32 Å². The van der Waals surface area contributed by atoms with Gasteiger partial charge in [0.1, 0.15) is 17.3 Å². The molecule has 1 aromatic carbocycles. The van der Waals surface area contributed by atoms with Crippen LogP contribution in [-0.2, 0) is 24.8 Å². The number of anilines is 2. The van der Waals surface area contributed by atoms with E-state index in [1.54, 1.807) is 0 Å². The van der Waals surface area contributed by atoms with Crippen LogP contribution in [0.25, 0.3) is 11.4 Å². The summed E-state index contributed by atoms with van der Waals surface area (Å²) in [6.07, 6.45) is 3.52. The van der Waals surface area contributed by atoms with E-state index in [-0.39, 0.29) is 52.2 Å². The van der Waals surface area contributed by atoms with Crippen molar-refractivity contribution in [3.63, 3.8) is 0 Å². The third-order valence-corrected chi connectivity index (χ3v) is 5.57. The van der Waals surface area contributed by atoms with E-state index in [0.717, 1.165) is 17.2 Å². The number of aromatic nitrogens is 6. The number of halogens is 1. The van der Waals surface area contributed by atoms with Crippen molar-refractivity contribution in [3.05, 3.63) is 71.2 Å². The molecule has 1 aliphatic rings. The lowest BCUT2D eigenvalue weighted by molar-refractivity contribution is 0.0380. The molecule has 36 heavy (non-hydrogen) atoms. The molecule has 0 bridgehead atoms. The largest absolute Gasteiger partial charge is 0.382 e. The molecule has 0 fully saturated rings. The number of hydrogen-bond donors (Lipinski definition) is 1. The first-order valence-corrected chi connectivity index (χ1v) is 10.7. The normalized spacial score (nSPS) is 21.3. The number of aryl methyl sites for hydroxylation is 3. The summed E-state index contributed by atoms with van der Waals surface area (Å²) in [5.41, 5.74) is -0.722. The van der Waals surface area contributed by atoms with Gasteiger partial charge >= 0.3 is 0 Å². The van der Waals surface area contributed by atoms with Crippen molar-refractivity contribution in [1.29, 1.82) is 0 Å². The number of benzene rings is 1. The molecular formula is C25H27FN8O2. The van der Waals surface area contributed by atoms with Crippen LogP contribution in [-0.4, -0.2) is 59.8 Å². The predicted octanol–water partition coefficient (Wildman–Crippen LogP) is 3.24. The summed E-state index contributed by atoms with van der Waals surface area (Å²) in [5.74, 6) is -2.33. The zero-order valence-electron chi connectivity index (χ0n) is 29.9. The average Bonchev–Trinajstić information content (AvgIpc) is 3.60. The number of rotatable bonds is 7. The van der Waals surface area contributed by atoms with Crippen molar-refractivity contribution < 1.29 is 29.0 Å². The number of carbonyl (C=O) groups excluding carboxylic acids is 1. The fourth-order valence-corrected chi connectivity index (χ4v) is 3.74. The first kappa shape index (κ1) is 13.8. The van der Waals surface area contributed by atoms with E-state index in [9.17, 15) is 9.18 Å². The number of fused-ring (bicyclic) bond motifs is 1. The summed E-state index contributed by atoms with van der Waals surface area (Å²) in [7, 11) is -2.88. The van der Waals surface area contributed by atoms with Crippen LogP contribution in [0.3, 0.4) is 0 Å². The molecule has 0 saturated heterocycles. The molecule has 0 aliphatic carbocycles. The monoisotopic (exact) mass is 501 g/mol. The molecule has 0 spiro atoms. The van der Waals surface area contributed by atoms with Crippen LogP contribution >= 0.6 is 0 Å². The van der Waals surface area contributed by atoms with Crippen LogP contribution in [0.2, 0.25) is 0 Å². The summed E-state index contributed by atoms with van der Waals surface area (Å²) in [4.78, 5) is 27.3. The summed E-state index contributed by atoms with van der Waals surface area (Å²) >= 11 is 0. The zero-order chi connectivity index (χ0) is 34.7. The van der Waals surface area contributed by atoms with E-state index >= 15 is 0 Å². The molecule has 186 valence electrons. The molecule has 1 amide bonds. The van der Waals surface area contributed by atoms with Crippen LogP contribution in [0.1, 0.15) is 42.4 Å². The van der Waals surface area contributed by atoms with Gasteiger partial charge in [-0.05, 0) is 36.5 Å². The van der Waals surface area contributed by atoms with Gasteiger partial charge in [0.2, 0.25) is 5.95 Å². The second-order valence-corrected chi connectivity index (χ2v) is 8.03. The van der Waals surface area contributed by atoms with Crippen LogP contribution in [0, 0.1) is 19.6 Å². The maximum Gasteiger partial charge on any atom is 0.290 e. The summed E-state index contributed by atoms with van der Waals surface area (Å²) in [5, 5.41) is 6.44. The summed E-state index contributed by atoms with van der Waals surface area (Å²) in [6, 6.07) is 3.68. The van der Waals surface area contributed by atoms with Gasteiger partial charge in [-0.1, -0.05) is 12.1 Å². The number of nitrogens with one attached hydrogen (secondary N) is 1. The first-order chi connectivity index (χ1) is 21.7. The fourth-order valence-electron chi connectivity index (χ4n) is 3.74. The Kier molecular flexibility index (Phi) is 3.65. The number of carbonyl (C=O) groups is 1. The van der Waals surface area contributed by atoms with Gasteiger partial charge in [-0.3, -0.25) is 9.48 Å². The molecule has 11 heteroatoms. The molecule has 4 heterocycles. The molecule has 10 nitrogen and oxygen atoms in total. The van der Waals surface area contributed by atoms with Gasteiger partial charge in [0.25, 0.3) is 5.91 Å². The van der Waals surface area contributed by atoms with Crippen molar-refractivity contribution in [2.45, 2.75) is 32.9 Å². The molecule has 1 N–H and O–H groups in total. The Morgan fingerprint density at radius 1 is 1.31 bits per heavy atom. The van der Waals surface area contributed by atoms with Crippen molar-refractivity contribution >= 4 is 17.7 Å². The Morgan fingerprint density at radius 3 is 3.03 bits per heavy atom. The smallest absolute Gasteiger partial charge is 0.290 e. The number of imidazole rings is 1. The fraction of sp³-hybridized carbons (Fsp3) is 0.320.